The first-order valence-corrected chi connectivity index (χ1v) is 7.98. The normalized spacial score (nSPS) is 16.5. The standard InChI is InChI=1S/C17H21N3O3/c21-15(9-17(10-16(22)23)7-3-4-8-17)18-11-14-19-12-5-1-2-6-13(12)20-14/h1-2,5-6H,3-4,7-11H2,(H,18,21)(H,19,20)(H,22,23). The Morgan fingerprint density at radius 1 is 1.22 bits per heavy atom. The molecule has 0 unspecified atom stereocenters. The van der Waals surface area contributed by atoms with Gasteiger partial charge in [-0.2, -0.15) is 0 Å². The number of carboxylic acids is 1. The number of hydrogen-bond donors (Lipinski definition) is 3. The SMILES string of the molecule is O=C(O)CC1(CC(=O)NCc2nc3ccccc3[nH]2)CCCC1. The molecule has 0 saturated heterocycles. The molecule has 1 aliphatic rings. The van der Waals surface area contributed by atoms with Crippen LogP contribution in [-0.4, -0.2) is 27.0 Å². The molecule has 1 heterocycles. The number of benzene rings is 1. The van der Waals surface area contributed by atoms with E-state index >= 15 is 0 Å². The van der Waals surface area contributed by atoms with Crippen LogP contribution in [0.1, 0.15) is 44.3 Å². The van der Waals surface area contributed by atoms with Gasteiger partial charge < -0.3 is 15.4 Å². The molecule has 6 nitrogen and oxygen atoms in total. The highest BCUT2D eigenvalue weighted by Gasteiger charge is 2.37. The van der Waals surface area contributed by atoms with E-state index in [1.165, 1.54) is 0 Å². The molecule has 0 spiro atoms. The fraction of sp³-hybridized carbons (Fsp3) is 0.471. The van der Waals surface area contributed by atoms with Crippen molar-refractivity contribution >= 4 is 22.9 Å². The van der Waals surface area contributed by atoms with Gasteiger partial charge in [0.2, 0.25) is 5.91 Å². The van der Waals surface area contributed by atoms with Crippen molar-refractivity contribution in [2.24, 2.45) is 5.41 Å². The van der Waals surface area contributed by atoms with Gasteiger partial charge in [0, 0.05) is 6.42 Å². The van der Waals surface area contributed by atoms with Gasteiger partial charge in [-0.05, 0) is 30.4 Å². The zero-order valence-electron chi connectivity index (χ0n) is 13.0. The summed E-state index contributed by atoms with van der Waals surface area (Å²) in [5, 5.41) is 12.0. The van der Waals surface area contributed by atoms with E-state index in [1.54, 1.807) is 0 Å². The van der Waals surface area contributed by atoms with Crippen molar-refractivity contribution in [3.05, 3.63) is 30.1 Å². The first kappa shape index (κ1) is 15.5. The first-order chi connectivity index (χ1) is 11.1. The Kier molecular flexibility index (Phi) is 4.32. The molecule has 0 atom stereocenters. The van der Waals surface area contributed by atoms with Gasteiger partial charge in [-0.3, -0.25) is 9.59 Å². The fourth-order valence-electron chi connectivity index (χ4n) is 3.54. The Labute approximate surface area is 134 Å². The summed E-state index contributed by atoms with van der Waals surface area (Å²) in [6.07, 6.45) is 3.99. The molecule has 3 rings (SSSR count). The van der Waals surface area contributed by atoms with Crippen LogP contribution in [0.15, 0.2) is 24.3 Å². The van der Waals surface area contributed by atoms with E-state index in [1.807, 2.05) is 24.3 Å². The summed E-state index contributed by atoms with van der Waals surface area (Å²) in [6, 6.07) is 7.70. The molecule has 23 heavy (non-hydrogen) atoms. The number of aromatic amines is 1. The van der Waals surface area contributed by atoms with Crippen molar-refractivity contribution in [2.75, 3.05) is 0 Å². The number of rotatable bonds is 6. The van der Waals surface area contributed by atoms with Gasteiger partial charge >= 0.3 is 5.97 Å². The smallest absolute Gasteiger partial charge is 0.303 e. The topological polar surface area (TPSA) is 95.1 Å². The maximum Gasteiger partial charge on any atom is 0.303 e. The first-order valence-electron chi connectivity index (χ1n) is 7.98. The number of fused-ring (bicyclic) bond motifs is 1. The van der Waals surface area contributed by atoms with Crippen LogP contribution in [-0.2, 0) is 16.1 Å². The van der Waals surface area contributed by atoms with Crippen molar-refractivity contribution in [1.29, 1.82) is 0 Å². The minimum Gasteiger partial charge on any atom is -0.481 e. The van der Waals surface area contributed by atoms with Crippen molar-refractivity contribution in [1.82, 2.24) is 15.3 Å². The highest BCUT2D eigenvalue weighted by molar-refractivity contribution is 5.78. The Morgan fingerprint density at radius 3 is 2.65 bits per heavy atom. The van der Waals surface area contributed by atoms with E-state index < -0.39 is 5.97 Å². The van der Waals surface area contributed by atoms with Gasteiger partial charge in [-0.25, -0.2) is 4.98 Å². The second-order valence-corrected chi connectivity index (χ2v) is 6.43. The molecule has 3 N–H and O–H groups in total. The van der Waals surface area contributed by atoms with Crippen LogP contribution in [0.4, 0.5) is 0 Å². The lowest BCUT2D eigenvalue weighted by Crippen LogP contribution is -2.32. The van der Waals surface area contributed by atoms with Crippen LogP contribution in [0.5, 0.6) is 0 Å². The maximum atomic E-state index is 12.2. The summed E-state index contributed by atoms with van der Waals surface area (Å²) >= 11 is 0. The third-order valence-electron chi connectivity index (χ3n) is 4.62. The Hall–Kier alpha value is -2.37. The van der Waals surface area contributed by atoms with Crippen LogP contribution in [0.3, 0.4) is 0 Å². The zero-order valence-corrected chi connectivity index (χ0v) is 13.0. The molecule has 1 aromatic heterocycles. The van der Waals surface area contributed by atoms with Crippen LogP contribution in [0.2, 0.25) is 0 Å². The van der Waals surface area contributed by atoms with Crippen LogP contribution in [0, 0.1) is 5.41 Å². The summed E-state index contributed by atoms with van der Waals surface area (Å²) < 4.78 is 0. The zero-order chi connectivity index (χ0) is 16.3. The van der Waals surface area contributed by atoms with Gasteiger partial charge in [0.05, 0.1) is 24.0 Å². The van der Waals surface area contributed by atoms with E-state index in [0.717, 1.165) is 36.7 Å². The van der Waals surface area contributed by atoms with Crippen LogP contribution < -0.4 is 5.32 Å². The molecular formula is C17H21N3O3. The largest absolute Gasteiger partial charge is 0.481 e. The highest BCUT2D eigenvalue weighted by atomic mass is 16.4. The van der Waals surface area contributed by atoms with E-state index in [2.05, 4.69) is 15.3 Å². The number of aromatic nitrogens is 2. The monoisotopic (exact) mass is 315 g/mol. The second-order valence-electron chi connectivity index (χ2n) is 6.43. The molecule has 0 radical (unpaired) electrons. The number of carboxylic acid groups (broad SMARTS) is 1. The molecule has 1 fully saturated rings. The molecular weight excluding hydrogens is 294 g/mol. The summed E-state index contributed by atoms with van der Waals surface area (Å²) in [6.45, 7) is 0.330. The summed E-state index contributed by atoms with van der Waals surface area (Å²) in [7, 11) is 0. The van der Waals surface area contributed by atoms with E-state index in [9.17, 15) is 9.59 Å². The fourth-order valence-corrected chi connectivity index (χ4v) is 3.54. The lowest BCUT2D eigenvalue weighted by molar-refractivity contribution is -0.140. The van der Waals surface area contributed by atoms with Gasteiger partial charge in [0.15, 0.2) is 0 Å². The number of nitrogens with one attached hydrogen (secondary N) is 2. The van der Waals surface area contributed by atoms with Crippen molar-refractivity contribution in [2.45, 2.75) is 45.1 Å². The number of imidazole rings is 1. The minimum atomic E-state index is -0.822. The predicted octanol–water partition coefficient (Wildman–Crippen LogP) is 2.60. The predicted molar refractivity (Wildman–Crippen MR) is 85.7 cm³/mol. The van der Waals surface area contributed by atoms with E-state index in [-0.39, 0.29) is 24.2 Å². The lowest BCUT2D eigenvalue weighted by atomic mass is 9.79. The van der Waals surface area contributed by atoms with Gasteiger partial charge in [0.25, 0.3) is 0 Å². The van der Waals surface area contributed by atoms with Gasteiger partial charge in [-0.1, -0.05) is 25.0 Å². The van der Waals surface area contributed by atoms with Crippen LogP contribution in [0.25, 0.3) is 11.0 Å². The number of H-pyrrole nitrogens is 1. The Morgan fingerprint density at radius 2 is 1.96 bits per heavy atom. The lowest BCUT2D eigenvalue weighted by Gasteiger charge is -2.26. The number of carbonyl (C=O) groups excluding carboxylic acids is 1. The van der Waals surface area contributed by atoms with E-state index in [0.29, 0.717) is 12.4 Å². The van der Waals surface area contributed by atoms with Gasteiger partial charge in [0.1, 0.15) is 5.82 Å². The molecule has 1 amide bonds. The number of amides is 1. The summed E-state index contributed by atoms with van der Waals surface area (Å²) in [5.41, 5.74) is 1.44. The third-order valence-corrected chi connectivity index (χ3v) is 4.62. The molecule has 1 aliphatic carbocycles. The van der Waals surface area contributed by atoms with Crippen LogP contribution >= 0.6 is 0 Å². The second kappa shape index (κ2) is 6.40. The average Bonchev–Trinajstić information content (AvgIpc) is 3.10. The van der Waals surface area contributed by atoms with E-state index in [4.69, 9.17) is 5.11 Å². The number of carbonyl (C=O) groups is 2. The third kappa shape index (κ3) is 3.70. The average molecular weight is 315 g/mol. The van der Waals surface area contributed by atoms with Crippen molar-refractivity contribution in [3.8, 4) is 0 Å². The Balaban J connectivity index is 1.59. The molecule has 1 aromatic carbocycles. The molecule has 1 saturated carbocycles. The number of para-hydroxylation sites is 2. The molecule has 2 aromatic rings. The minimum absolute atomic E-state index is 0.0745. The number of nitrogens with zero attached hydrogens (tertiary/aromatic N) is 1. The highest BCUT2D eigenvalue weighted by Crippen LogP contribution is 2.43. The molecule has 122 valence electrons. The quantitative estimate of drug-likeness (QED) is 0.763. The summed E-state index contributed by atoms with van der Waals surface area (Å²) in [4.78, 5) is 30.9. The summed E-state index contributed by atoms with van der Waals surface area (Å²) in [5.74, 6) is -0.219. The van der Waals surface area contributed by atoms with Crippen molar-refractivity contribution in [3.63, 3.8) is 0 Å². The number of hydrogen-bond acceptors (Lipinski definition) is 3. The number of aliphatic carboxylic acids is 1. The molecule has 0 bridgehead atoms. The molecule has 6 heteroatoms. The Bertz CT molecular complexity index is 684. The van der Waals surface area contributed by atoms with Gasteiger partial charge in [-0.15, -0.1) is 0 Å². The molecule has 0 aliphatic heterocycles. The maximum absolute atomic E-state index is 12.2. The van der Waals surface area contributed by atoms with Crippen molar-refractivity contribution < 1.29 is 14.7 Å².